The fraction of sp³-hybridized carbons (Fsp3) is 1.00. The smallest absolute Gasteiger partial charge is 0.121 e. The zero-order chi connectivity index (χ0) is 5.49. The molecule has 0 amide bonds. The quantitative estimate of drug-likeness (QED) is 0.559. The first-order chi connectivity index (χ1) is 3.10. The molecule has 0 aromatic carbocycles. The van der Waals surface area contributed by atoms with Crippen molar-refractivity contribution in [3.63, 3.8) is 0 Å². The van der Waals surface area contributed by atoms with E-state index in [1.165, 1.54) is 0 Å². The highest BCUT2D eigenvalue weighted by atomic mass is 35.5. The van der Waals surface area contributed by atoms with Gasteiger partial charge in [0.25, 0.3) is 0 Å². The SMILES string of the molecule is Cl.NC1CC(Cl)(Cl)C1. The second kappa shape index (κ2) is 2.61. The summed E-state index contributed by atoms with van der Waals surface area (Å²) in [5, 5.41) is 0. The molecule has 0 bridgehead atoms. The molecule has 0 spiro atoms. The van der Waals surface area contributed by atoms with Gasteiger partial charge in [0.2, 0.25) is 0 Å². The topological polar surface area (TPSA) is 26.0 Å². The Kier molecular flexibility index (Phi) is 2.88. The Morgan fingerprint density at radius 3 is 1.75 bits per heavy atom. The third-order valence-corrected chi connectivity index (χ3v) is 1.74. The van der Waals surface area contributed by atoms with Gasteiger partial charge in [-0.05, 0) is 12.8 Å². The highest BCUT2D eigenvalue weighted by Gasteiger charge is 2.38. The van der Waals surface area contributed by atoms with Gasteiger partial charge in [0.1, 0.15) is 4.33 Å². The molecule has 1 rings (SSSR count). The molecule has 1 aliphatic carbocycles. The van der Waals surface area contributed by atoms with Gasteiger partial charge in [0.05, 0.1) is 0 Å². The van der Waals surface area contributed by atoms with Crippen molar-refractivity contribution < 1.29 is 0 Å². The zero-order valence-electron chi connectivity index (χ0n) is 4.23. The number of rotatable bonds is 0. The first kappa shape index (κ1) is 8.83. The van der Waals surface area contributed by atoms with E-state index >= 15 is 0 Å². The van der Waals surface area contributed by atoms with Crippen molar-refractivity contribution in [1.82, 2.24) is 0 Å². The lowest BCUT2D eigenvalue weighted by Crippen LogP contribution is -2.43. The first-order valence-corrected chi connectivity index (χ1v) is 2.99. The van der Waals surface area contributed by atoms with E-state index in [1.54, 1.807) is 0 Å². The van der Waals surface area contributed by atoms with E-state index in [9.17, 15) is 0 Å². The Morgan fingerprint density at radius 1 is 1.38 bits per heavy atom. The van der Waals surface area contributed by atoms with Crippen LogP contribution in [-0.2, 0) is 0 Å². The Balaban J connectivity index is 0.000000490. The number of halogens is 3. The third-order valence-electron chi connectivity index (χ3n) is 1.12. The molecule has 0 aromatic rings. The summed E-state index contributed by atoms with van der Waals surface area (Å²) >= 11 is 11.2. The lowest BCUT2D eigenvalue weighted by Gasteiger charge is -2.35. The second-order valence-corrected chi connectivity index (χ2v) is 3.66. The molecule has 8 heavy (non-hydrogen) atoms. The molecule has 1 fully saturated rings. The normalized spacial score (nSPS) is 25.9. The number of hydrogen-bond acceptors (Lipinski definition) is 1. The van der Waals surface area contributed by atoms with Gasteiger partial charge in [-0.3, -0.25) is 0 Å². The Morgan fingerprint density at radius 2 is 1.75 bits per heavy atom. The predicted molar refractivity (Wildman–Crippen MR) is 38.9 cm³/mol. The van der Waals surface area contributed by atoms with Crippen LogP contribution < -0.4 is 5.73 Å². The van der Waals surface area contributed by atoms with Crippen LogP contribution in [0.15, 0.2) is 0 Å². The Labute approximate surface area is 64.9 Å². The largest absolute Gasteiger partial charge is 0.327 e. The van der Waals surface area contributed by atoms with Crippen molar-refractivity contribution in [3.8, 4) is 0 Å². The van der Waals surface area contributed by atoms with E-state index in [4.69, 9.17) is 28.9 Å². The number of nitrogens with two attached hydrogens (primary N) is 1. The van der Waals surface area contributed by atoms with Crippen LogP contribution in [0.25, 0.3) is 0 Å². The average Bonchev–Trinajstić information content (AvgIpc) is 1.27. The summed E-state index contributed by atoms with van der Waals surface area (Å²) in [6.45, 7) is 0. The molecule has 0 saturated heterocycles. The van der Waals surface area contributed by atoms with E-state index < -0.39 is 4.33 Å². The highest BCUT2D eigenvalue weighted by Crippen LogP contribution is 2.40. The van der Waals surface area contributed by atoms with Crippen LogP contribution in [0.2, 0.25) is 0 Å². The van der Waals surface area contributed by atoms with E-state index in [2.05, 4.69) is 0 Å². The fourth-order valence-corrected chi connectivity index (χ4v) is 1.50. The number of hydrogen-bond donors (Lipinski definition) is 1. The summed E-state index contributed by atoms with van der Waals surface area (Å²) < 4.78 is -0.487. The molecule has 0 unspecified atom stereocenters. The maximum absolute atomic E-state index is 5.58. The zero-order valence-corrected chi connectivity index (χ0v) is 6.56. The lowest BCUT2D eigenvalue weighted by atomic mass is 9.93. The van der Waals surface area contributed by atoms with Gasteiger partial charge < -0.3 is 5.73 Å². The summed E-state index contributed by atoms with van der Waals surface area (Å²) in [5.41, 5.74) is 5.39. The van der Waals surface area contributed by atoms with Crippen molar-refractivity contribution in [2.45, 2.75) is 23.2 Å². The van der Waals surface area contributed by atoms with Crippen molar-refractivity contribution in [2.75, 3.05) is 0 Å². The van der Waals surface area contributed by atoms with Crippen LogP contribution in [0.5, 0.6) is 0 Å². The first-order valence-electron chi connectivity index (χ1n) is 2.23. The Hall–Kier alpha value is 0.830. The molecule has 1 aliphatic rings. The molecule has 4 heteroatoms. The van der Waals surface area contributed by atoms with Gasteiger partial charge in [-0.2, -0.15) is 0 Å². The maximum atomic E-state index is 5.58. The minimum atomic E-state index is -0.487. The molecular formula is C4H8Cl3N. The maximum Gasteiger partial charge on any atom is 0.121 e. The summed E-state index contributed by atoms with van der Waals surface area (Å²) in [5.74, 6) is 0. The lowest BCUT2D eigenvalue weighted by molar-refractivity contribution is 0.389. The molecular weight excluding hydrogens is 168 g/mol. The molecule has 0 aliphatic heterocycles. The van der Waals surface area contributed by atoms with Crippen LogP contribution in [0.3, 0.4) is 0 Å². The fourth-order valence-electron chi connectivity index (χ4n) is 0.707. The van der Waals surface area contributed by atoms with E-state index in [0.29, 0.717) is 0 Å². The van der Waals surface area contributed by atoms with E-state index in [0.717, 1.165) is 12.8 Å². The van der Waals surface area contributed by atoms with Gasteiger partial charge in [-0.25, -0.2) is 0 Å². The highest BCUT2D eigenvalue weighted by molar-refractivity contribution is 6.49. The van der Waals surface area contributed by atoms with Crippen LogP contribution in [0, 0.1) is 0 Å². The van der Waals surface area contributed by atoms with E-state index in [1.807, 2.05) is 0 Å². The van der Waals surface area contributed by atoms with Crippen molar-refractivity contribution in [1.29, 1.82) is 0 Å². The molecule has 0 radical (unpaired) electrons. The van der Waals surface area contributed by atoms with Crippen LogP contribution in [-0.4, -0.2) is 10.4 Å². The standard InChI is InChI=1S/C4H7Cl2N.ClH/c5-4(6)1-3(7)2-4;/h3H,1-2,7H2;1H. The van der Waals surface area contributed by atoms with Crippen LogP contribution in [0.1, 0.15) is 12.8 Å². The van der Waals surface area contributed by atoms with Crippen molar-refractivity contribution >= 4 is 35.6 Å². The summed E-state index contributed by atoms with van der Waals surface area (Å²) in [6, 6.07) is 0.245. The molecule has 1 saturated carbocycles. The van der Waals surface area contributed by atoms with E-state index in [-0.39, 0.29) is 18.4 Å². The van der Waals surface area contributed by atoms with Crippen LogP contribution >= 0.6 is 35.6 Å². The summed E-state index contributed by atoms with van der Waals surface area (Å²) in [6.07, 6.45) is 1.49. The number of alkyl halides is 2. The molecule has 2 N–H and O–H groups in total. The molecule has 50 valence electrons. The summed E-state index contributed by atoms with van der Waals surface area (Å²) in [4.78, 5) is 0. The minimum Gasteiger partial charge on any atom is -0.327 e. The minimum absolute atomic E-state index is 0. The second-order valence-electron chi connectivity index (χ2n) is 2.02. The van der Waals surface area contributed by atoms with Gasteiger partial charge in [-0.15, -0.1) is 35.6 Å². The molecule has 0 heterocycles. The molecule has 0 atom stereocenters. The van der Waals surface area contributed by atoms with Crippen molar-refractivity contribution in [3.05, 3.63) is 0 Å². The molecule has 1 nitrogen and oxygen atoms in total. The predicted octanol–water partition coefficient (Wildman–Crippen LogP) is 1.70. The summed E-state index contributed by atoms with van der Waals surface area (Å²) in [7, 11) is 0. The van der Waals surface area contributed by atoms with Gasteiger partial charge >= 0.3 is 0 Å². The van der Waals surface area contributed by atoms with Gasteiger partial charge in [-0.1, -0.05) is 0 Å². The van der Waals surface area contributed by atoms with Gasteiger partial charge in [0.15, 0.2) is 0 Å². The van der Waals surface area contributed by atoms with Crippen LogP contribution in [0.4, 0.5) is 0 Å². The molecule has 0 aromatic heterocycles. The average molecular weight is 176 g/mol. The third kappa shape index (κ3) is 1.98. The van der Waals surface area contributed by atoms with Crippen molar-refractivity contribution in [2.24, 2.45) is 5.73 Å². The van der Waals surface area contributed by atoms with Gasteiger partial charge in [0, 0.05) is 6.04 Å². The monoisotopic (exact) mass is 175 g/mol. The Bertz CT molecular complexity index is 75.4.